The maximum atomic E-state index is 12.9. The molecule has 0 aliphatic heterocycles. The Morgan fingerprint density at radius 3 is 0.930 bits per heavy atom. The van der Waals surface area contributed by atoms with Crippen molar-refractivity contribution >= 4 is 19.8 Å². The van der Waals surface area contributed by atoms with Crippen molar-refractivity contribution < 1.29 is 42.1 Å². The van der Waals surface area contributed by atoms with Crippen molar-refractivity contribution in [3.63, 3.8) is 0 Å². The number of nitrogens with zero attached hydrogens (tertiary/aromatic N) is 1. The molecule has 0 N–H and O–H groups in total. The van der Waals surface area contributed by atoms with Gasteiger partial charge in [-0.25, -0.2) is 0 Å². The van der Waals surface area contributed by atoms with Gasteiger partial charge < -0.3 is 27.9 Å². The molecule has 0 heterocycles. The number of allylic oxidation sites excluding steroid dienone is 22. The second-order valence-electron chi connectivity index (χ2n) is 24.1. The minimum atomic E-state index is -4.65. The third-order valence-electron chi connectivity index (χ3n) is 14.7. The van der Waals surface area contributed by atoms with Crippen LogP contribution in [0.3, 0.4) is 0 Å². The molecule has 2 unspecified atom stereocenters. The van der Waals surface area contributed by atoms with Gasteiger partial charge in [-0.1, -0.05) is 295 Å². The third-order valence-corrected chi connectivity index (χ3v) is 15.6. The molecule has 0 aromatic rings. The topological polar surface area (TPSA) is 111 Å². The van der Waals surface area contributed by atoms with Gasteiger partial charge in [0, 0.05) is 12.8 Å². The van der Waals surface area contributed by atoms with E-state index in [0.717, 1.165) is 116 Å². The van der Waals surface area contributed by atoms with Crippen molar-refractivity contribution in [3.05, 3.63) is 134 Å². The standard InChI is InChI=1S/C76H130NO8P/c1-6-8-10-12-14-16-18-20-22-24-26-28-30-32-34-36-37-38-39-41-43-45-47-49-51-53-55-57-59-61-63-65-67-69-76(79)85-74(73-84-86(80,81)83-71-70-77(3,4)5)72-82-75(78)68-66-64-62-60-58-56-54-52-50-48-46-44-42-40-35-33-31-29-27-25-23-21-19-17-15-13-11-9-7-2/h8-11,14-17,20-23,26-29,32,34,37-38,41,43,74H,6-7,12-13,18-19,24-25,30-31,33,35-36,39-40,42,44-73H2,1-5H3/b10-8-,11-9-,16-14-,17-15-,22-20-,23-21-,28-26-,29-27-,34-32-,38-37-,43-41-. The number of carbonyl (C=O) groups excluding carboxylic acids is 2. The summed E-state index contributed by atoms with van der Waals surface area (Å²) in [5.41, 5.74) is 0. The lowest BCUT2D eigenvalue weighted by Gasteiger charge is -2.28. The number of rotatable bonds is 63. The van der Waals surface area contributed by atoms with Crippen molar-refractivity contribution in [2.75, 3.05) is 47.5 Å². The van der Waals surface area contributed by atoms with E-state index in [0.29, 0.717) is 17.4 Å². The predicted molar refractivity (Wildman–Crippen MR) is 369 cm³/mol. The first-order valence-electron chi connectivity index (χ1n) is 34.9. The van der Waals surface area contributed by atoms with Crippen LogP contribution in [0.4, 0.5) is 0 Å². The molecule has 0 fully saturated rings. The lowest BCUT2D eigenvalue weighted by Crippen LogP contribution is -2.37. The van der Waals surface area contributed by atoms with E-state index >= 15 is 0 Å². The summed E-state index contributed by atoms with van der Waals surface area (Å²) in [7, 11) is 1.16. The molecule has 0 aliphatic carbocycles. The smallest absolute Gasteiger partial charge is 0.306 e. The molecular weight excluding hydrogens is 1090 g/mol. The van der Waals surface area contributed by atoms with Crippen molar-refractivity contribution in [3.8, 4) is 0 Å². The molecule has 0 aromatic carbocycles. The van der Waals surface area contributed by atoms with Gasteiger partial charge in [-0.3, -0.25) is 14.2 Å². The van der Waals surface area contributed by atoms with Gasteiger partial charge in [-0.15, -0.1) is 0 Å². The molecule has 0 saturated carbocycles. The number of phosphoric ester groups is 1. The molecule has 2 atom stereocenters. The first-order chi connectivity index (χ1) is 42.0. The Morgan fingerprint density at radius 1 is 0.360 bits per heavy atom. The Labute approximate surface area is 530 Å². The maximum absolute atomic E-state index is 12.9. The molecule has 0 spiro atoms. The Hall–Kier alpha value is -3.85. The molecule has 0 amide bonds. The zero-order valence-corrected chi connectivity index (χ0v) is 56.9. The van der Waals surface area contributed by atoms with Crippen molar-refractivity contribution in [1.82, 2.24) is 0 Å². The summed E-state index contributed by atoms with van der Waals surface area (Å²) in [6.07, 6.45) is 95.2. The number of hydrogen-bond acceptors (Lipinski definition) is 8. The van der Waals surface area contributed by atoms with E-state index in [4.69, 9.17) is 18.5 Å². The molecule has 0 radical (unpaired) electrons. The van der Waals surface area contributed by atoms with Crippen LogP contribution in [0, 0.1) is 0 Å². The van der Waals surface area contributed by atoms with E-state index in [2.05, 4.69) is 148 Å². The van der Waals surface area contributed by atoms with E-state index < -0.39 is 26.5 Å². The molecule has 86 heavy (non-hydrogen) atoms. The Kier molecular flexibility index (Phi) is 62.7. The highest BCUT2D eigenvalue weighted by atomic mass is 31.2. The summed E-state index contributed by atoms with van der Waals surface area (Å²) in [4.78, 5) is 38.1. The van der Waals surface area contributed by atoms with Crippen LogP contribution in [0.5, 0.6) is 0 Å². The van der Waals surface area contributed by atoms with Crippen LogP contribution in [0.15, 0.2) is 134 Å². The van der Waals surface area contributed by atoms with Crippen LogP contribution >= 0.6 is 7.82 Å². The predicted octanol–water partition coefficient (Wildman–Crippen LogP) is 22.2. The number of ether oxygens (including phenoxy) is 2. The number of esters is 2. The van der Waals surface area contributed by atoms with Crippen LogP contribution in [0.25, 0.3) is 0 Å². The van der Waals surface area contributed by atoms with E-state index in [1.807, 2.05) is 21.1 Å². The van der Waals surface area contributed by atoms with Gasteiger partial charge in [-0.2, -0.15) is 0 Å². The SMILES string of the molecule is CC/C=C\C/C=C\C/C=C\C/C=C\C/C=C\C/C=C\C/C=C\CCCCCCCCCCCCCC(=O)OC(COC(=O)CCCCCCCCCCCCCCCCCC/C=C\C/C=C\C/C=C\C/C=C\CC)COP(=O)([O-])OCC[N+](C)(C)C. The number of phosphoric acid groups is 1. The zero-order valence-electron chi connectivity index (χ0n) is 56.0. The fraction of sp³-hybridized carbons (Fsp3) is 0.684. The molecule has 9 nitrogen and oxygen atoms in total. The first kappa shape index (κ1) is 82.1. The van der Waals surface area contributed by atoms with Crippen molar-refractivity contribution in [2.24, 2.45) is 0 Å². The highest BCUT2D eigenvalue weighted by Crippen LogP contribution is 2.38. The van der Waals surface area contributed by atoms with E-state index in [-0.39, 0.29) is 32.0 Å². The summed E-state index contributed by atoms with van der Waals surface area (Å²) < 4.78 is 34.3. The molecule has 0 aromatic heterocycles. The molecule has 0 aliphatic rings. The average molecular weight is 1220 g/mol. The van der Waals surface area contributed by atoms with Crippen molar-refractivity contribution in [1.29, 1.82) is 0 Å². The van der Waals surface area contributed by atoms with E-state index in [1.165, 1.54) is 135 Å². The number of carbonyl (C=O) groups is 2. The van der Waals surface area contributed by atoms with Gasteiger partial charge >= 0.3 is 11.9 Å². The highest BCUT2D eigenvalue weighted by Gasteiger charge is 2.22. The highest BCUT2D eigenvalue weighted by molar-refractivity contribution is 7.45. The first-order valence-corrected chi connectivity index (χ1v) is 36.4. The lowest BCUT2D eigenvalue weighted by molar-refractivity contribution is -0.870. The zero-order chi connectivity index (χ0) is 62.6. The Bertz CT molecular complexity index is 1910. The monoisotopic (exact) mass is 1220 g/mol. The second kappa shape index (κ2) is 65.6. The normalized spacial score (nSPS) is 14.0. The van der Waals surface area contributed by atoms with E-state index in [1.54, 1.807) is 0 Å². The lowest BCUT2D eigenvalue weighted by atomic mass is 10.0. The summed E-state index contributed by atoms with van der Waals surface area (Å²) >= 11 is 0. The minimum absolute atomic E-state index is 0.0364. The second-order valence-corrected chi connectivity index (χ2v) is 25.5. The summed E-state index contributed by atoms with van der Waals surface area (Å²) in [5.74, 6) is -0.836. The van der Waals surface area contributed by atoms with Crippen LogP contribution in [0.2, 0.25) is 0 Å². The van der Waals surface area contributed by atoms with E-state index in [9.17, 15) is 19.0 Å². The maximum Gasteiger partial charge on any atom is 0.306 e. The number of unbranched alkanes of at least 4 members (excludes halogenated alkanes) is 27. The molecule has 0 saturated heterocycles. The fourth-order valence-corrected chi connectivity index (χ4v) is 10.1. The number of quaternary nitrogens is 1. The molecule has 0 bridgehead atoms. The quantitative estimate of drug-likeness (QED) is 0.0195. The molecule has 0 rings (SSSR count). The van der Waals surface area contributed by atoms with Crippen LogP contribution in [-0.2, 0) is 32.7 Å². The molecular formula is C76H130NO8P. The Balaban J connectivity index is 4.08. The minimum Gasteiger partial charge on any atom is -0.756 e. The van der Waals surface area contributed by atoms with Gasteiger partial charge in [0.15, 0.2) is 6.10 Å². The van der Waals surface area contributed by atoms with Crippen LogP contribution < -0.4 is 4.89 Å². The Morgan fingerprint density at radius 2 is 0.628 bits per heavy atom. The average Bonchev–Trinajstić information content (AvgIpc) is 3.70. The summed E-state index contributed by atoms with van der Waals surface area (Å²) in [6, 6.07) is 0. The third kappa shape index (κ3) is 69.3. The van der Waals surface area contributed by atoms with Gasteiger partial charge in [0.05, 0.1) is 27.7 Å². The van der Waals surface area contributed by atoms with Gasteiger partial charge in [0.2, 0.25) is 0 Å². The van der Waals surface area contributed by atoms with Crippen LogP contribution in [0.1, 0.15) is 284 Å². The van der Waals surface area contributed by atoms with Crippen LogP contribution in [-0.4, -0.2) is 70.0 Å². The van der Waals surface area contributed by atoms with Gasteiger partial charge in [-0.05, 0) is 109 Å². The molecule has 10 heteroatoms. The fourth-order valence-electron chi connectivity index (χ4n) is 9.39. The number of likely N-dealkylation sites (N-methyl/N-ethyl adjacent to an activating group) is 1. The summed E-state index contributed by atoms with van der Waals surface area (Å²) in [5, 5.41) is 0. The molecule has 492 valence electrons. The number of hydrogen-bond donors (Lipinski definition) is 0. The van der Waals surface area contributed by atoms with Gasteiger partial charge in [0.25, 0.3) is 7.82 Å². The largest absolute Gasteiger partial charge is 0.756 e. The van der Waals surface area contributed by atoms with Gasteiger partial charge in [0.1, 0.15) is 19.8 Å². The van der Waals surface area contributed by atoms with Crippen molar-refractivity contribution in [2.45, 2.75) is 290 Å². The summed E-state index contributed by atoms with van der Waals surface area (Å²) in [6.45, 7) is 4.02.